The lowest BCUT2D eigenvalue weighted by molar-refractivity contribution is 0.263. The molecular formula is C14H22N4O. The Kier molecular flexibility index (Phi) is 3.47. The molecule has 2 aromatic rings. The van der Waals surface area contributed by atoms with Gasteiger partial charge in [-0.25, -0.2) is 9.97 Å². The van der Waals surface area contributed by atoms with E-state index in [0.717, 1.165) is 25.1 Å². The molecule has 0 spiro atoms. The lowest BCUT2D eigenvalue weighted by Crippen LogP contribution is -2.40. The zero-order chi connectivity index (χ0) is 14.2. The van der Waals surface area contributed by atoms with Crippen LogP contribution < -0.4 is 5.56 Å². The van der Waals surface area contributed by atoms with Crippen LogP contribution in [0.1, 0.15) is 45.9 Å². The largest absolute Gasteiger partial charge is 0.328 e. The predicted molar refractivity (Wildman–Crippen MR) is 76.4 cm³/mol. The molecule has 104 valence electrons. The Morgan fingerprint density at radius 2 is 2.05 bits per heavy atom. The smallest absolute Gasteiger partial charge is 0.280 e. The van der Waals surface area contributed by atoms with Crippen molar-refractivity contribution in [2.24, 2.45) is 7.05 Å². The number of hydrogen-bond donors (Lipinski definition) is 0. The van der Waals surface area contributed by atoms with Crippen LogP contribution in [-0.4, -0.2) is 19.1 Å². The van der Waals surface area contributed by atoms with Crippen LogP contribution in [0.5, 0.6) is 0 Å². The van der Waals surface area contributed by atoms with Crippen LogP contribution in [0.2, 0.25) is 0 Å². The third kappa shape index (κ3) is 2.07. The van der Waals surface area contributed by atoms with Crippen LogP contribution >= 0.6 is 0 Å². The second-order valence-corrected chi connectivity index (χ2v) is 5.43. The number of fused-ring (bicyclic) bond motifs is 1. The van der Waals surface area contributed by atoms with Gasteiger partial charge in [0.25, 0.3) is 5.56 Å². The van der Waals surface area contributed by atoms with Crippen LogP contribution in [0.15, 0.2) is 11.1 Å². The van der Waals surface area contributed by atoms with Gasteiger partial charge >= 0.3 is 0 Å². The second kappa shape index (κ2) is 4.79. The summed E-state index contributed by atoms with van der Waals surface area (Å²) in [4.78, 5) is 21.4. The molecule has 5 heteroatoms. The highest BCUT2D eigenvalue weighted by Crippen LogP contribution is 2.26. The fraction of sp³-hybridized carbons (Fsp3) is 0.643. The fourth-order valence-corrected chi connectivity index (χ4v) is 2.82. The number of aryl methyl sites for hydroxylation is 2. The molecule has 2 aromatic heterocycles. The topological polar surface area (TPSA) is 52.7 Å². The Balaban J connectivity index is 2.79. The van der Waals surface area contributed by atoms with Gasteiger partial charge in [-0.2, -0.15) is 0 Å². The number of aromatic nitrogens is 4. The van der Waals surface area contributed by atoms with Crippen molar-refractivity contribution in [3.8, 4) is 0 Å². The molecule has 0 fully saturated rings. The molecule has 0 N–H and O–H groups in total. The molecule has 19 heavy (non-hydrogen) atoms. The Morgan fingerprint density at radius 3 is 2.63 bits per heavy atom. The molecule has 2 heterocycles. The van der Waals surface area contributed by atoms with E-state index in [4.69, 9.17) is 0 Å². The summed E-state index contributed by atoms with van der Waals surface area (Å²) in [5.41, 5.74) is 0.958. The van der Waals surface area contributed by atoms with Gasteiger partial charge in [0, 0.05) is 12.6 Å². The van der Waals surface area contributed by atoms with E-state index in [2.05, 4.69) is 30.7 Å². The van der Waals surface area contributed by atoms with Crippen molar-refractivity contribution < 1.29 is 0 Å². The Labute approximate surface area is 113 Å². The van der Waals surface area contributed by atoms with Gasteiger partial charge in [-0.1, -0.05) is 20.3 Å². The molecule has 0 saturated carbocycles. The van der Waals surface area contributed by atoms with Crippen LogP contribution in [-0.2, 0) is 12.6 Å². The van der Waals surface area contributed by atoms with E-state index in [0.29, 0.717) is 11.2 Å². The van der Waals surface area contributed by atoms with E-state index in [1.54, 1.807) is 10.9 Å². The molecule has 0 aromatic carbocycles. The summed E-state index contributed by atoms with van der Waals surface area (Å²) in [5.74, 6) is 0.744. The lowest BCUT2D eigenvalue weighted by atomic mass is 9.92. The average molecular weight is 262 g/mol. The first-order valence-electron chi connectivity index (χ1n) is 6.85. The van der Waals surface area contributed by atoms with Gasteiger partial charge in [0.05, 0.1) is 6.33 Å². The van der Waals surface area contributed by atoms with Crippen LogP contribution in [0.3, 0.4) is 0 Å². The summed E-state index contributed by atoms with van der Waals surface area (Å²) < 4.78 is 3.60. The van der Waals surface area contributed by atoms with Crippen LogP contribution in [0.25, 0.3) is 11.2 Å². The quantitative estimate of drug-likeness (QED) is 0.850. The van der Waals surface area contributed by atoms with Crippen molar-refractivity contribution in [3.05, 3.63) is 22.5 Å². The number of nitrogens with zero attached hydrogens (tertiary/aromatic N) is 4. The van der Waals surface area contributed by atoms with Gasteiger partial charge in [-0.15, -0.1) is 0 Å². The highest BCUT2D eigenvalue weighted by Gasteiger charge is 2.28. The van der Waals surface area contributed by atoms with Gasteiger partial charge in [-0.05, 0) is 26.7 Å². The molecule has 2 rings (SSSR count). The maximum Gasteiger partial charge on any atom is 0.280 e. The third-order valence-corrected chi connectivity index (χ3v) is 4.00. The minimum Gasteiger partial charge on any atom is -0.328 e. The SMILES string of the molecule is CCCC(C)(CC)n1c(C)nc2ncn(C)c2c1=O. The molecule has 5 nitrogen and oxygen atoms in total. The maximum atomic E-state index is 12.8. The molecule has 0 aliphatic rings. The second-order valence-electron chi connectivity index (χ2n) is 5.43. The Morgan fingerprint density at radius 1 is 1.37 bits per heavy atom. The Bertz CT molecular complexity index is 655. The van der Waals surface area contributed by atoms with Crippen LogP contribution in [0.4, 0.5) is 0 Å². The van der Waals surface area contributed by atoms with Crippen molar-refractivity contribution in [1.29, 1.82) is 0 Å². The zero-order valence-corrected chi connectivity index (χ0v) is 12.4. The lowest BCUT2D eigenvalue weighted by Gasteiger charge is -2.32. The molecule has 0 aliphatic heterocycles. The monoisotopic (exact) mass is 262 g/mol. The minimum atomic E-state index is -0.179. The maximum absolute atomic E-state index is 12.8. The number of hydrogen-bond acceptors (Lipinski definition) is 3. The van der Waals surface area contributed by atoms with E-state index in [1.807, 2.05) is 18.5 Å². The van der Waals surface area contributed by atoms with Crippen molar-refractivity contribution in [2.45, 2.75) is 52.5 Å². The Hall–Kier alpha value is -1.65. The van der Waals surface area contributed by atoms with E-state index in [9.17, 15) is 4.79 Å². The van der Waals surface area contributed by atoms with Gasteiger partial charge in [-0.3, -0.25) is 9.36 Å². The van der Waals surface area contributed by atoms with Gasteiger partial charge in [0.15, 0.2) is 11.2 Å². The standard InChI is InChI=1S/C14H22N4O/c1-6-8-14(4,7-2)18-10(3)16-12-11(13(18)19)17(5)9-15-12/h9H,6-8H2,1-5H3. The molecule has 1 atom stereocenters. The summed E-state index contributed by atoms with van der Waals surface area (Å²) in [6.07, 6.45) is 4.56. The summed E-state index contributed by atoms with van der Waals surface area (Å²) in [5, 5.41) is 0. The van der Waals surface area contributed by atoms with Gasteiger partial charge in [0.2, 0.25) is 0 Å². The molecular weight excluding hydrogens is 240 g/mol. The third-order valence-electron chi connectivity index (χ3n) is 4.00. The molecule has 0 aliphatic carbocycles. The van der Waals surface area contributed by atoms with Gasteiger partial charge < -0.3 is 4.57 Å². The summed E-state index contributed by atoms with van der Waals surface area (Å²) >= 11 is 0. The highest BCUT2D eigenvalue weighted by atomic mass is 16.1. The first-order chi connectivity index (χ1) is 8.94. The van der Waals surface area contributed by atoms with Crippen LogP contribution in [0, 0.1) is 6.92 Å². The molecule has 0 saturated heterocycles. The summed E-state index contributed by atoms with van der Waals surface area (Å²) in [7, 11) is 1.83. The minimum absolute atomic E-state index is 0.0142. The predicted octanol–water partition coefficient (Wildman–Crippen LogP) is 2.36. The summed E-state index contributed by atoms with van der Waals surface area (Å²) in [6, 6.07) is 0. The fourth-order valence-electron chi connectivity index (χ4n) is 2.82. The summed E-state index contributed by atoms with van der Waals surface area (Å²) in [6.45, 7) is 8.28. The van der Waals surface area contributed by atoms with E-state index in [-0.39, 0.29) is 11.1 Å². The van der Waals surface area contributed by atoms with Gasteiger partial charge in [0.1, 0.15) is 5.82 Å². The van der Waals surface area contributed by atoms with Crippen molar-refractivity contribution in [3.63, 3.8) is 0 Å². The molecule has 0 bridgehead atoms. The van der Waals surface area contributed by atoms with E-state index >= 15 is 0 Å². The first kappa shape index (κ1) is 13.8. The van der Waals surface area contributed by atoms with E-state index in [1.165, 1.54) is 0 Å². The van der Waals surface area contributed by atoms with Crippen molar-refractivity contribution in [1.82, 2.24) is 19.1 Å². The molecule has 0 amide bonds. The average Bonchev–Trinajstić information content (AvgIpc) is 2.71. The first-order valence-corrected chi connectivity index (χ1v) is 6.85. The zero-order valence-electron chi connectivity index (χ0n) is 12.4. The van der Waals surface area contributed by atoms with Crippen molar-refractivity contribution in [2.75, 3.05) is 0 Å². The highest BCUT2D eigenvalue weighted by molar-refractivity contribution is 5.69. The van der Waals surface area contributed by atoms with E-state index < -0.39 is 0 Å². The van der Waals surface area contributed by atoms with Crippen molar-refractivity contribution >= 4 is 11.2 Å². The number of imidazole rings is 1. The number of rotatable bonds is 4. The molecule has 1 unspecified atom stereocenters. The normalized spacial score (nSPS) is 14.8. The molecule has 0 radical (unpaired) electrons.